The third-order valence-electron chi connectivity index (χ3n) is 9.32. The van der Waals surface area contributed by atoms with Crippen molar-refractivity contribution in [2.75, 3.05) is 0 Å². The zero-order valence-electron chi connectivity index (χ0n) is 27.6. The van der Waals surface area contributed by atoms with Crippen LogP contribution in [0.1, 0.15) is 186 Å². The van der Waals surface area contributed by atoms with Crippen LogP contribution in [0.4, 0.5) is 0 Å². The first-order valence-corrected chi connectivity index (χ1v) is 18.4. The summed E-state index contributed by atoms with van der Waals surface area (Å²) in [7, 11) is 0. The van der Waals surface area contributed by atoms with E-state index in [1.165, 1.54) is 173 Å². The Balaban J connectivity index is 1.63. The normalized spacial score (nSPS) is 13.0. The van der Waals surface area contributed by atoms with E-state index >= 15 is 0 Å². The van der Waals surface area contributed by atoms with Crippen LogP contribution in [0.3, 0.4) is 0 Å². The Labute approximate surface area is 256 Å². The van der Waals surface area contributed by atoms with Gasteiger partial charge in [0.05, 0.1) is 6.33 Å². The number of hydrogen-bond donors (Lipinski definition) is 0. The SMILES string of the molecule is CCCCCCCCCCCCCCCCCCCC(C(CCCCCCCC)Cc1ccccc1)n1ccnc1. The molecule has 1 aromatic carbocycles. The van der Waals surface area contributed by atoms with E-state index < -0.39 is 0 Å². The molecule has 0 radical (unpaired) electrons. The van der Waals surface area contributed by atoms with Crippen molar-refractivity contribution in [2.45, 2.75) is 187 Å². The Hall–Kier alpha value is -1.57. The van der Waals surface area contributed by atoms with E-state index in [9.17, 15) is 0 Å². The summed E-state index contributed by atoms with van der Waals surface area (Å²) < 4.78 is 2.44. The monoisotopic (exact) mass is 565 g/mol. The molecule has 0 saturated heterocycles. The van der Waals surface area contributed by atoms with Crippen molar-refractivity contribution < 1.29 is 0 Å². The lowest BCUT2D eigenvalue weighted by molar-refractivity contribution is 0.275. The quantitative estimate of drug-likeness (QED) is 0.0898. The highest BCUT2D eigenvalue weighted by molar-refractivity contribution is 5.15. The van der Waals surface area contributed by atoms with Crippen LogP contribution in [0, 0.1) is 5.92 Å². The zero-order valence-corrected chi connectivity index (χ0v) is 27.6. The Morgan fingerprint density at radius 1 is 0.537 bits per heavy atom. The van der Waals surface area contributed by atoms with E-state index in [2.05, 4.69) is 66.3 Å². The molecule has 2 unspecified atom stereocenters. The Kier molecular flexibility index (Phi) is 22.7. The van der Waals surface area contributed by atoms with Gasteiger partial charge >= 0.3 is 0 Å². The summed E-state index contributed by atoms with van der Waals surface area (Å²) >= 11 is 0. The molecule has 2 nitrogen and oxygen atoms in total. The van der Waals surface area contributed by atoms with Crippen LogP contribution in [0.25, 0.3) is 0 Å². The van der Waals surface area contributed by atoms with Crippen LogP contribution in [0.2, 0.25) is 0 Å². The molecule has 0 saturated carbocycles. The average Bonchev–Trinajstić information content (AvgIpc) is 3.53. The lowest BCUT2D eigenvalue weighted by atomic mass is 9.84. The van der Waals surface area contributed by atoms with Gasteiger partial charge < -0.3 is 4.57 Å². The van der Waals surface area contributed by atoms with Gasteiger partial charge in [-0.25, -0.2) is 4.98 Å². The van der Waals surface area contributed by atoms with Gasteiger partial charge in [-0.1, -0.05) is 192 Å². The molecule has 1 aromatic heterocycles. The molecule has 234 valence electrons. The third-order valence-corrected chi connectivity index (χ3v) is 9.32. The highest BCUT2D eigenvalue weighted by atomic mass is 15.1. The fourth-order valence-electron chi connectivity index (χ4n) is 6.71. The number of benzene rings is 1. The molecule has 0 amide bonds. The second kappa shape index (κ2) is 26.1. The summed E-state index contributed by atoms with van der Waals surface area (Å²) in [5, 5.41) is 0. The number of rotatable bonds is 29. The molecule has 2 rings (SSSR count). The summed E-state index contributed by atoms with van der Waals surface area (Å²) in [5.41, 5.74) is 1.50. The number of aromatic nitrogens is 2. The van der Waals surface area contributed by atoms with Gasteiger partial charge in [0, 0.05) is 18.4 Å². The van der Waals surface area contributed by atoms with Gasteiger partial charge in [0.15, 0.2) is 0 Å². The van der Waals surface area contributed by atoms with Gasteiger partial charge in [-0.2, -0.15) is 0 Å². The maximum absolute atomic E-state index is 4.45. The summed E-state index contributed by atoms with van der Waals surface area (Å²) in [6.07, 6.45) is 42.8. The maximum Gasteiger partial charge on any atom is 0.0948 e. The minimum absolute atomic E-state index is 0.574. The maximum atomic E-state index is 4.45. The summed E-state index contributed by atoms with van der Waals surface area (Å²) in [6, 6.07) is 11.8. The van der Waals surface area contributed by atoms with E-state index in [1.54, 1.807) is 0 Å². The van der Waals surface area contributed by atoms with Gasteiger partial charge in [0.1, 0.15) is 0 Å². The Bertz CT molecular complexity index is 768. The molecule has 1 heterocycles. The summed E-state index contributed by atoms with van der Waals surface area (Å²) in [4.78, 5) is 4.45. The van der Waals surface area contributed by atoms with Crippen molar-refractivity contribution in [1.82, 2.24) is 9.55 Å². The zero-order chi connectivity index (χ0) is 29.1. The Morgan fingerprint density at radius 2 is 0.976 bits per heavy atom. The average molecular weight is 565 g/mol. The van der Waals surface area contributed by atoms with Crippen molar-refractivity contribution in [3.05, 3.63) is 54.6 Å². The summed E-state index contributed by atoms with van der Waals surface area (Å²) in [5.74, 6) is 0.693. The van der Waals surface area contributed by atoms with E-state index in [0.29, 0.717) is 12.0 Å². The number of hydrogen-bond acceptors (Lipinski definition) is 1. The fraction of sp³-hybridized carbons (Fsp3) is 0.769. The van der Waals surface area contributed by atoms with E-state index in [-0.39, 0.29) is 0 Å². The molecular formula is C39H68N2. The molecule has 0 fully saturated rings. The predicted octanol–water partition coefficient (Wildman–Crippen LogP) is 13.1. The number of unbranched alkanes of at least 4 members (excludes halogenated alkanes) is 21. The first-order valence-electron chi connectivity index (χ1n) is 18.4. The van der Waals surface area contributed by atoms with Crippen LogP contribution >= 0.6 is 0 Å². The molecule has 0 aliphatic carbocycles. The first-order chi connectivity index (χ1) is 20.3. The van der Waals surface area contributed by atoms with E-state index in [1.807, 2.05) is 6.20 Å². The largest absolute Gasteiger partial charge is 0.334 e. The van der Waals surface area contributed by atoms with Gasteiger partial charge in [0.2, 0.25) is 0 Å². The molecule has 2 heteroatoms. The van der Waals surface area contributed by atoms with Gasteiger partial charge in [-0.15, -0.1) is 0 Å². The molecule has 0 N–H and O–H groups in total. The number of nitrogens with zero attached hydrogens (tertiary/aromatic N) is 2. The topological polar surface area (TPSA) is 17.8 Å². The van der Waals surface area contributed by atoms with Crippen molar-refractivity contribution in [3.8, 4) is 0 Å². The molecular weight excluding hydrogens is 496 g/mol. The van der Waals surface area contributed by atoms with Gasteiger partial charge in [0.25, 0.3) is 0 Å². The van der Waals surface area contributed by atoms with Crippen LogP contribution < -0.4 is 0 Å². The lowest BCUT2D eigenvalue weighted by Crippen LogP contribution is -2.21. The molecule has 2 aromatic rings. The predicted molar refractivity (Wildman–Crippen MR) is 182 cm³/mol. The van der Waals surface area contributed by atoms with Gasteiger partial charge in [-0.05, 0) is 30.7 Å². The van der Waals surface area contributed by atoms with Crippen LogP contribution in [0.5, 0.6) is 0 Å². The molecule has 2 atom stereocenters. The summed E-state index contributed by atoms with van der Waals surface area (Å²) in [6.45, 7) is 4.62. The molecule has 0 aliphatic rings. The first kappa shape index (κ1) is 35.6. The van der Waals surface area contributed by atoms with E-state index in [0.717, 1.165) is 0 Å². The standard InChI is InChI=1S/C39H68N2/c1-3-5-7-9-11-12-13-14-15-16-17-18-19-20-21-23-28-32-39(41-34-33-40-36-41)38(31-27-22-10-8-6-4-2)35-37-29-25-24-26-30-37/h24-26,29-30,33-34,36,38-39H,3-23,27-28,31-32,35H2,1-2H3. The lowest BCUT2D eigenvalue weighted by Gasteiger charge is -2.29. The smallest absolute Gasteiger partial charge is 0.0948 e. The second-order valence-corrected chi connectivity index (χ2v) is 13.0. The van der Waals surface area contributed by atoms with Crippen molar-refractivity contribution in [3.63, 3.8) is 0 Å². The van der Waals surface area contributed by atoms with Crippen molar-refractivity contribution in [1.29, 1.82) is 0 Å². The molecule has 41 heavy (non-hydrogen) atoms. The second-order valence-electron chi connectivity index (χ2n) is 13.0. The molecule has 0 bridgehead atoms. The highest BCUT2D eigenvalue weighted by Crippen LogP contribution is 2.32. The van der Waals surface area contributed by atoms with Gasteiger partial charge in [-0.3, -0.25) is 0 Å². The fourth-order valence-corrected chi connectivity index (χ4v) is 6.71. The Morgan fingerprint density at radius 3 is 1.41 bits per heavy atom. The van der Waals surface area contributed by atoms with Crippen LogP contribution in [-0.4, -0.2) is 9.55 Å². The molecule has 0 aliphatic heterocycles. The van der Waals surface area contributed by atoms with Crippen molar-refractivity contribution >= 4 is 0 Å². The van der Waals surface area contributed by atoms with Crippen LogP contribution in [-0.2, 0) is 6.42 Å². The highest BCUT2D eigenvalue weighted by Gasteiger charge is 2.23. The molecule has 0 spiro atoms. The van der Waals surface area contributed by atoms with E-state index in [4.69, 9.17) is 0 Å². The van der Waals surface area contributed by atoms with Crippen LogP contribution in [0.15, 0.2) is 49.1 Å². The minimum atomic E-state index is 0.574. The number of imidazole rings is 1. The third kappa shape index (κ3) is 18.6. The minimum Gasteiger partial charge on any atom is -0.334 e. The van der Waals surface area contributed by atoms with Crippen molar-refractivity contribution in [2.24, 2.45) is 5.92 Å².